The summed E-state index contributed by atoms with van der Waals surface area (Å²) in [4.78, 5) is 12.2. The second kappa shape index (κ2) is 8.20. The molecule has 0 spiro atoms. The standard InChI is InChI=1S/C15H21BrO3/c1-4-5-6-7-8-13(17)11-9-15(19-3)12(16)10-14(11)18-2/h9-10H,4-8H2,1-3H3. The van der Waals surface area contributed by atoms with Crippen LogP contribution in [0.25, 0.3) is 0 Å². The fourth-order valence-corrected chi connectivity index (χ4v) is 2.41. The molecule has 0 heterocycles. The number of ether oxygens (including phenoxy) is 2. The van der Waals surface area contributed by atoms with E-state index in [9.17, 15) is 4.79 Å². The molecule has 0 unspecified atom stereocenters. The molecule has 0 aliphatic carbocycles. The van der Waals surface area contributed by atoms with Gasteiger partial charge in [0.25, 0.3) is 0 Å². The number of carbonyl (C=O) groups excluding carboxylic acids is 1. The third kappa shape index (κ3) is 4.53. The maximum absolute atomic E-state index is 12.2. The van der Waals surface area contributed by atoms with E-state index in [-0.39, 0.29) is 5.78 Å². The zero-order chi connectivity index (χ0) is 14.3. The van der Waals surface area contributed by atoms with Crippen LogP contribution in [0.4, 0.5) is 0 Å². The molecular weight excluding hydrogens is 308 g/mol. The van der Waals surface area contributed by atoms with Crippen molar-refractivity contribution in [1.29, 1.82) is 0 Å². The van der Waals surface area contributed by atoms with Gasteiger partial charge >= 0.3 is 0 Å². The normalized spacial score (nSPS) is 10.3. The molecule has 0 aliphatic heterocycles. The van der Waals surface area contributed by atoms with Gasteiger partial charge in [-0.25, -0.2) is 0 Å². The van der Waals surface area contributed by atoms with E-state index in [1.54, 1.807) is 26.4 Å². The minimum absolute atomic E-state index is 0.110. The van der Waals surface area contributed by atoms with E-state index in [0.29, 0.717) is 23.5 Å². The van der Waals surface area contributed by atoms with Gasteiger partial charge in [0.1, 0.15) is 11.5 Å². The average Bonchev–Trinajstić information content (AvgIpc) is 2.42. The highest BCUT2D eigenvalue weighted by atomic mass is 79.9. The summed E-state index contributed by atoms with van der Waals surface area (Å²) in [6.07, 6.45) is 4.92. The SMILES string of the molecule is CCCCCCC(=O)c1cc(OC)c(Br)cc1OC. The number of methoxy groups -OCH3 is 2. The van der Waals surface area contributed by atoms with Crippen LogP contribution in [0, 0.1) is 0 Å². The molecule has 0 bridgehead atoms. The van der Waals surface area contributed by atoms with Gasteiger partial charge in [-0.3, -0.25) is 4.79 Å². The van der Waals surface area contributed by atoms with Crippen LogP contribution in [-0.4, -0.2) is 20.0 Å². The summed E-state index contributed by atoms with van der Waals surface area (Å²) >= 11 is 3.39. The Morgan fingerprint density at radius 3 is 2.37 bits per heavy atom. The zero-order valence-electron chi connectivity index (χ0n) is 11.8. The molecule has 0 saturated heterocycles. The first-order valence-corrected chi connectivity index (χ1v) is 7.38. The Bertz CT molecular complexity index is 430. The van der Waals surface area contributed by atoms with Crippen LogP contribution in [0.1, 0.15) is 49.4 Å². The highest BCUT2D eigenvalue weighted by Crippen LogP contribution is 2.33. The Morgan fingerprint density at radius 2 is 1.79 bits per heavy atom. The molecule has 0 fully saturated rings. The van der Waals surface area contributed by atoms with Crippen LogP contribution in [0.3, 0.4) is 0 Å². The Morgan fingerprint density at radius 1 is 1.11 bits per heavy atom. The molecule has 3 nitrogen and oxygen atoms in total. The molecule has 1 rings (SSSR count). The van der Waals surface area contributed by atoms with Crippen molar-refractivity contribution in [3.05, 3.63) is 22.2 Å². The van der Waals surface area contributed by atoms with Crippen molar-refractivity contribution in [1.82, 2.24) is 0 Å². The number of hydrogen-bond acceptors (Lipinski definition) is 3. The number of hydrogen-bond donors (Lipinski definition) is 0. The largest absolute Gasteiger partial charge is 0.496 e. The van der Waals surface area contributed by atoms with E-state index in [0.717, 1.165) is 17.3 Å². The second-order valence-corrected chi connectivity index (χ2v) is 5.28. The monoisotopic (exact) mass is 328 g/mol. The lowest BCUT2D eigenvalue weighted by molar-refractivity contribution is 0.0976. The van der Waals surface area contributed by atoms with E-state index < -0.39 is 0 Å². The number of ketones is 1. The Balaban J connectivity index is 2.82. The molecule has 0 radical (unpaired) electrons. The maximum Gasteiger partial charge on any atom is 0.166 e. The number of unbranched alkanes of at least 4 members (excludes halogenated alkanes) is 3. The molecule has 106 valence electrons. The zero-order valence-corrected chi connectivity index (χ0v) is 13.4. The van der Waals surface area contributed by atoms with Crippen molar-refractivity contribution in [3.63, 3.8) is 0 Å². The smallest absolute Gasteiger partial charge is 0.166 e. The summed E-state index contributed by atoms with van der Waals surface area (Å²) in [5.74, 6) is 1.35. The molecule has 0 amide bonds. The van der Waals surface area contributed by atoms with E-state index in [1.165, 1.54) is 12.8 Å². The molecule has 4 heteroatoms. The molecule has 19 heavy (non-hydrogen) atoms. The lowest BCUT2D eigenvalue weighted by atomic mass is 10.0. The summed E-state index contributed by atoms with van der Waals surface area (Å²) in [5, 5.41) is 0. The van der Waals surface area contributed by atoms with Gasteiger partial charge in [-0.05, 0) is 34.5 Å². The first-order chi connectivity index (χ1) is 9.13. The minimum atomic E-state index is 0.110. The van der Waals surface area contributed by atoms with Gasteiger partial charge < -0.3 is 9.47 Å². The summed E-state index contributed by atoms with van der Waals surface area (Å²) < 4.78 is 11.3. The van der Waals surface area contributed by atoms with Crippen molar-refractivity contribution in [2.45, 2.75) is 39.0 Å². The fourth-order valence-electron chi connectivity index (χ4n) is 1.93. The molecule has 1 aromatic carbocycles. The van der Waals surface area contributed by atoms with Crippen molar-refractivity contribution in [2.24, 2.45) is 0 Å². The van der Waals surface area contributed by atoms with E-state index in [2.05, 4.69) is 22.9 Å². The number of rotatable bonds is 8. The van der Waals surface area contributed by atoms with Crippen molar-refractivity contribution < 1.29 is 14.3 Å². The molecule has 0 aliphatic rings. The highest BCUT2D eigenvalue weighted by molar-refractivity contribution is 9.10. The molecular formula is C15H21BrO3. The predicted molar refractivity (Wildman–Crippen MR) is 80.3 cm³/mol. The topological polar surface area (TPSA) is 35.5 Å². The molecule has 0 aromatic heterocycles. The Labute approximate surface area is 123 Å². The molecule has 0 atom stereocenters. The first kappa shape index (κ1) is 16.0. The van der Waals surface area contributed by atoms with Gasteiger partial charge in [0, 0.05) is 6.42 Å². The molecule has 0 N–H and O–H groups in total. The summed E-state index contributed by atoms with van der Waals surface area (Å²) in [6.45, 7) is 2.16. The summed E-state index contributed by atoms with van der Waals surface area (Å²) in [7, 11) is 3.16. The van der Waals surface area contributed by atoms with Crippen molar-refractivity contribution in [3.8, 4) is 11.5 Å². The number of Topliss-reactive ketones (excluding diaryl/α,β-unsaturated/α-hetero) is 1. The van der Waals surface area contributed by atoms with E-state index >= 15 is 0 Å². The summed E-state index contributed by atoms with van der Waals surface area (Å²) in [5.41, 5.74) is 0.596. The van der Waals surface area contributed by atoms with Gasteiger partial charge in [-0.1, -0.05) is 26.2 Å². The highest BCUT2D eigenvalue weighted by Gasteiger charge is 2.15. The number of halogens is 1. The lowest BCUT2D eigenvalue weighted by Gasteiger charge is -2.11. The van der Waals surface area contributed by atoms with Gasteiger partial charge in [0.15, 0.2) is 5.78 Å². The van der Waals surface area contributed by atoms with Crippen molar-refractivity contribution in [2.75, 3.05) is 14.2 Å². The van der Waals surface area contributed by atoms with Gasteiger partial charge in [-0.15, -0.1) is 0 Å². The number of carbonyl (C=O) groups is 1. The fraction of sp³-hybridized carbons (Fsp3) is 0.533. The van der Waals surface area contributed by atoms with Crippen LogP contribution in [-0.2, 0) is 0 Å². The first-order valence-electron chi connectivity index (χ1n) is 6.58. The van der Waals surface area contributed by atoms with Crippen LogP contribution >= 0.6 is 15.9 Å². The van der Waals surface area contributed by atoms with Crippen LogP contribution in [0.5, 0.6) is 11.5 Å². The van der Waals surface area contributed by atoms with Crippen LogP contribution in [0.15, 0.2) is 16.6 Å². The quantitative estimate of drug-likeness (QED) is 0.516. The second-order valence-electron chi connectivity index (χ2n) is 4.42. The lowest BCUT2D eigenvalue weighted by Crippen LogP contribution is -2.03. The van der Waals surface area contributed by atoms with Crippen LogP contribution < -0.4 is 9.47 Å². The summed E-state index contributed by atoms with van der Waals surface area (Å²) in [6, 6.07) is 3.52. The molecule has 1 aromatic rings. The van der Waals surface area contributed by atoms with Gasteiger partial charge in [0.2, 0.25) is 0 Å². The predicted octanol–water partition coefficient (Wildman–Crippen LogP) is 4.62. The average molecular weight is 329 g/mol. The van der Waals surface area contributed by atoms with Crippen molar-refractivity contribution >= 4 is 21.7 Å². The van der Waals surface area contributed by atoms with Gasteiger partial charge in [0.05, 0.1) is 24.3 Å². The van der Waals surface area contributed by atoms with Gasteiger partial charge in [-0.2, -0.15) is 0 Å². The third-order valence-electron chi connectivity index (χ3n) is 3.03. The third-order valence-corrected chi connectivity index (χ3v) is 3.65. The van der Waals surface area contributed by atoms with E-state index in [1.807, 2.05) is 0 Å². The Kier molecular flexibility index (Phi) is 6.92. The maximum atomic E-state index is 12.2. The molecule has 0 saturated carbocycles. The van der Waals surface area contributed by atoms with Crippen LogP contribution in [0.2, 0.25) is 0 Å². The minimum Gasteiger partial charge on any atom is -0.496 e. The Hall–Kier alpha value is -1.03. The van der Waals surface area contributed by atoms with E-state index in [4.69, 9.17) is 9.47 Å². The number of benzene rings is 1.